The maximum absolute atomic E-state index is 2.47. The van der Waals surface area contributed by atoms with Gasteiger partial charge in [0.15, 0.2) is 0 Å². The molecule has 3 aliphatic rings. The fourth-order valence-corrected chi connectivity index (χ4v) is 9.81. The number of hydrogen-bond acceptors (Lipinski definition) is 1. The Morgan fingerprint density at radius 2 is 1.04 bits per heavy atom. The second kappa shape index (κ2) is 12.2. The number of anilines is 3. The Bertz CT molecular complexity index is 2540. The van der Waals surface area contributed by atoms with Crippen molar-refractivity contribution in [2.24, 2.45) is 5.92 Å². The third-order valence-corrected chi connectivity index (χ3v) is 12.2. The van der Waals surface area contributed by atoms with Gasteiger partial charge >= 0.3 is 0 Å². The number of fused-ring (bicyclic) bond motifs is 6. The third kappa shape index (κ3) is 4.77. The Kier molecular flexibility index (Phi) is 7.27. The van der Waals surface area contributed by atoms with E-state index in [1.54, 1.807) is 0 Å². The minimum absolute atomic E-state index is 0.104. The quantitative estimate of drug-likeness (QED) is 0.169. The Balaban J connectivity index is 1.18. The monoisotopic (exact) mass is 679 g/mol. The van der Waals surface area contributed by atoms with Crippen LogP contribution in [0.25, 0.3) is 22.3 Å². The molecule has 254 valence electrons. The van der Waals surface area contributed by atoms with E-state index in [9.17, 15) is 0 Å². The summed E-state index contributed by atoms with van der Waals surface area (Å²) in [6.45, 7) is 4.73. The van der Waals surface area contributed by atoms with Crippen molar-refractivity contribution in [3.05, 3.63) is 234 Å². The first-order valence-corrected chi connectivity index (χ1v) is 18.9. The van der Waals surface area contributed by atoms with Crippen LogP contribution in [-0.4, -0.2) is 0 Å². The van der Waals surface area contributed by atoms with Gasteiger partial charge < -0.3 is 4.90 Å². The summed E-state index contributed by atoms with van der Waals surface area (Å²) in [6, 6.07) is 65.5. The van der Waals surface area contributed by atoms with Crippen LogP contribution in [0, 0.1) is 5.92 Å². The van der Waals surface area contributed by atoms with Crippen LogP contribution in [-0.2, 0) is 10.8 Å². The van der Waals surface area contributed by atoms with Crippen LogP contribution in [0.15, 0.2) is 200 Å². The minimum Gasteiger partial charge on any atom is -0.310 e. The van der Waals surface area contributed by atoms with Crippen molar-refractivity contribution < 1.29 is 0 Å². The average molecular weight is 680 g/mol. The van der Waals surface area contributed by atoms with Gasteiger partial charge in [-0.15, -0.1) is 0 Å². The van der Waals surface area contributed by atoms with E-state index in [0.717, 1.165) is 17.1 Å². The third-order valence-electron chi connectivity index (χ3n) is 12.2. The first-order chi connectivity index (χ1) is 26.0. The summed E-state index contributed by atoms with van der Waals surface area (Å²) in [5.74, 6) is 0.558. The highest BCUT2D eigenvalue weighted by Crippen LogP contribution is 2.60. The fourth-order valence-electron chi connectivity index (χ4n) is 9.81. The summed E-state index contributed by atoms with van der Waals surface area (Å²) in [5.41, 5.74) is 16.3. The maximum atomic E-state index is 2.47. The second-order valence-corrected chi connectivity index (χ2v) is 15.3. The second-order valence-electron chi connectivity index (χ2n) is 15.3. The zero-order valence-corrected chi connectivity index (χ0v) is 30.2. The highest BCUT2D eigenvalue weighted by Gasteiger charge is 2.52. The lowest BCUT2D eigenvalue weighted by molar-refractivity contribution is 0.457. The van der Waals surface area contributed by atoms with Crippen molar-refractivity contribution >= 4 is 17.1 Å². The number of allylic oxidation sites excluding steroid dienone is 4. The van der Waals surface area contributed by atoms with E-state index in [1.165, 1.54) is 55.6 Å². The molecule has 10 rings (SSSR count). The summed E-state index contributed by atoms with van der Waals surface area (Å²) in [4.78, 5) is 2.46. The van der Waals surface area contributed by atoms with Crippen molar-refractivity contribution in [2.45, 2.75) is 30.6 Å². The Labute approximate surface area is 313 Å². The fraction of sp³-hybridized carbons (Fsp3) is 0.115. The molecule has 0 aromatic heterocycles. The van der Waals surface area contributed by atoms with E-state index in [1.807, 2.05) is 0 Å². The van der Waals surface area contributed by atoms with Gasteiger partial charge in [0, 0.05) is 34.3 Å². The van der Waals surface area contributed by atoms with Crippen LogP contribution in [0.2, 0.25) is 0 Å². The predicted molar refractivity (Wildman–Crippen MR) is 221 cm³/mol. The SMILES string of the molecule is CC1(C)c2ccccc2-c2ccc(N(c3ccc(-c4ccccc4)cc3)c3cccc(C4(c5ccccc5)c5ccccc5C5C=CC=CC54)c3)cc21. The van der Waals surface area contributed by atoms with Gasteiger partial charge in [0.1, 0.15) is 0 Å². The summed E-state index contributed by atoms with van der Waals surface area (Å²) >= 11 is 0. The molecule has 0 saturated carbocycles. The largest absolute Gasteiger partial charge is 0.310 e. The molecule has 3 aliphatic carbocycles. The predicted octanol–water partition coefficient (Wildman–Crippen LogP) is 13.3. The van der Waals surface area contributed by atoms with Crippen molar-refractivity contribution in [3.63, 3.8) is 0 Å². The lowest BCUT2D eigenvalue weighted by Crippen LogP contribution is -2.35. The first-order valence-electron chi connectivity index (χ1n) is 18.9. The molecule has 1 heteroatoms. The molecule has 0 heterocycles. The van der Waals surface area contributed by atoms with E-state index in [2.05, 4.69) is 219 Å². The molecule has 0 bridgehead atoms. The topological polar surface area (TPSA) is 3.24 Å². The number of nitrogens with zero attached hydrogens (tertiary/aromatic N) is 1. The van der Waals surface area contributed by atoms with Crippen LogP contribution in [0.1, 0.15) is 53.1 Å². The molecule has 0 radical (unpaired) electrons. The van der Waals surface area contributed by atoms with Gasteiger partial charge in [-0.25, -0.2) is 0 Å². The van der Waals surface area contributed by atoms with Gasteiger partial charge in [-0.05, 0) is 92.0 Å². The van der Waals surface area contributed by atoms with Crippen molar-refractivity contribution in [1.29, 1.82) is 0 Å². The van der Waals surface area contributed by atoms with Crippen molar-refractivity contribution in [1.82, 2.24) is 0 Å². The van der Waals surface area contributed by atoms with E-state index in [0.29, 0.717) is 5.92 Å². The standard InChI is InChI=1S/C52H41N/c1-51(2)47-25-12-9-22-43(47)46-33-32-42(35-50(46)51)53(40-30-28-37(29-31-40)36-16-5-3-6-17-36)41-21-15-20-39(34-41)52(38-18-7-4-8-19-38)48-26-13-10-23-44(48)45-24-11-14-27-49(45)52/h3-35,44,48H,1-2H3. The minimum atomic E-state index is -0.357. The molecule has 0 spiro atoms. The number of benzene rings is 7. The molecular weight excluding hydrogens is 639 g/mol. The Morgan fingerprint density at radius 3 is 1.85 bits per heavy atom. The molecule has 0 N–H and O–H groups in total. The number of rotatable bonds is 6. The van der Waals surface area contributed by atoms with Crippen LogP contribution < -0.4 is 4.90 Å². The van der Waals surface area contributed by atoms with Crippen molar-refractivity contribution in [3.8, 4) is 22.3 Å². The molecule has 0 amide bonds. The van der Waals surface area contributed by atoms with E-state index < -0.39 is 0 Å². The summed E-state index contributed by atoms with van der Waals surface area (Å²) in [5, 5.41) is 0. The van der Waals surface area contributed by atoms with Gasteiger partial charge in [0.2, 0.25) is 0 Å². The van der Waals surface area contributed by atoms with Crippen molar-refractivity contribution in [2.75, 3.05) is 4.90 Å². The lowest BCUT2D eigenvalue weighted by atomic mass is 9.63. The molecule has 3 unspecified atom stereocenters. The molecule has 3 atom stereocenters. The molecule has 7 aromatic rings. The normalized spacial score (nSPS) is 20.0. The zero-order valence-electron chi connectivity index (χ0n) is 30.2. The summed E-state index contributed by atoms with van der Waals surface area (Å²) in [6.07, 6.45) is 9.33. The van der Waals surface area contributed by atoms with Gasteiger partial charge in [-0.3, -0.25) is 0 Å². The smallest absolute Gasteiger partial charge is 0.0526 e. The van der Waals surface area contributed by atoms with Crippen LogP contribution in [0.4, 0.5) is 17.1 Å². The van der Waals surface area contributed by atoms with Gasteiger partial charge in [-0.1, -0.05) is 178 Å². The van der Waals surface area contributed by atoms with Crippen LogP contribution in [0.5, 0.6) is 0 Å². The Hall–Kier alpha value is -6.18. The lowest BCUT2D eigenvalue weighted by Gasteiger charge is -2.39. The van der Waals surface area contributed by atoms with Gasteiger partial charge in [0.05, 0.1) is 5.41 Å². The molecule has 0 aliphatic heterocycles. The van der Waals surface area contributed by atoms with Gasteiger partial charge in [0.25, 0.3) is 0 Å². The first kappa shape index (κ1) is 31.5. The Morgan fingerprint density at radius 1 is 0.434 bits per heavy atom. The number of hydrogen-bond donors (Lipinski definition) is 0. The van der Waals surface area contributed by atoms with Gasteiger partial charge in [-0.2, -0.15) is 0 Å². The molecular formula is C52H41N. The molecule has 7 aromatic carbocycles. The zero-order chi connectivity index (χ0) is 35.6. The van der Waals surface area contributed by atoms with E-state index >= 15 is 0 Å². The van der Waals surface area contributed by atoms with Crippen LogP contribution >= 0.6 is 0 Å². The molecule has 0 saturated heterocycles. The van der Waals surface area contributed by atoms with Crippen LogP contribution in [0.3, 0.4) is 0 Å². The molecule has 53 heavy (non-hydrogen) atoms. The van der Waals surface area contributed by atoms with E-state index in [4.69, 9.17) is 0 Å². The highest BCUT2D eigenvalue weighted by atomic mass is 15.1. The summed E-state index contributed by atoms with van der Waals surface area (Å²) in [7, 11) is 0. The average Bonchev–Trinajstić information content (AvgIpc) is 3.65. The maximum Gasteiger partial charge on any atom is 0.0526 e. The molecule has 1 nitrogen and oxygen atoms in total. The summed E-state index contributed by atoms with van der Waals surface area (Å²) < 4.78 is 0. The van der Waals surface area contributed by atoms with E-state index in [-0.39, 0.29) is 16.7 Å². The molecule has 0 fully saturated rings. The highest BCUT2D eigenvalue weighted by molar-refractivity contribution is 5.86.